The lowest BCUT2D eigenvalue weighted by molar-refractivity contribution is 0.102. The summed E-state index contributed by atoms with van der Waals surface area (Å²) < 4.78 is 0. The Kier molecular flexibility index (Phi) is 3.66. The Bertz CT molecular complexity index is 740. The van der Waals surface area contributed by atoms with Gasteiger partial charge in [-0.15, -0.1) is 0 Å². The molecular weight excluding hydrogens is 282 g/mol. The highest BCUT2D eigenvalue weighted by molar-refractivity contribution is 8.13. The Balaban J connectivity index is 2.04. The molecule has 0 saturated carbocycles. The Labute approximate surface area is 127 Å². The average Bonchev–Trinajstić information content (AvgIpc) is 2.63. The second-order valence-corrected chi connectivity index (χ2v) is 5.61. The third-order valence-electron chi connectivity index (χ3n) is 3.43. The van der Waals surface area contributed by atoms with Crippen LogP contribution < -0.4 is 11.1 Å². The molecule has 2 aromatic carbocycles. The molecule has 21 heavy (non-hydrogen) atoms. The van der Waals surface area contributed by atoms with Crippen LogP contribution in [0.3, 0.4) is 0 Å². The molecule has 0 atom stereocenters. The van der Waals surface area contributed by atoms with E-state index in [0.717, 1.165) is 23.2 Å². The summed E-state index contributed by atoms with van der Waals surface area (Å²) in [6.07, 6.45) is 2.60. The molecule has 1 heterocycles. The van der Waals surface area contributed by atoms with Crippen LogP contribution in [0, 0.1) is 0 Å². The Morgan fingerprint density at radius 2 is 2.05 bits per heavy atom. The van der Waals surface area contributed by atoms with Crippen LogP contribution in [0.4, 0.5) is 11.4 Å². The van der Waals surface area contributed by atoms with Gasteiger partial charge < -0.3 is 11.1 Å². The lowest BCUT2D eigenvalue weighted by Crippen LogP contribution is -2.11. The van der Waals surface area contributed by atoms with Crippen molar-refractivity contribution in [1.82, 2.24) is 0 Å². The number of nitrogens with two attached hydrogens (primary N) is 1. The van der Waals surface area contributed by atoms with E-state index in [-0.39, 0.29) is 5.91 Å². The van der Waals surface area contributed by atoms with E-state index in [2.05, 4.69) is 10.3 Å². The van der Waals surface area contributed by atoms with Crippen LogP contribution in [-0.2, 0) is 6.42 Å². The van der Waals surface area contributed by atoms with Crippen LogP contribution >= 0.6 is 11.8 Å². The number of hydrogen-bond acceptors (Lipinski definition) is 3. The zero-order chi connectivity index (χ0) is 14.8. The maximum Gasteiger partial charge on any atom is 0.256 e. The molecule has 2 aromatic rings. The number of anilines is 1. The van der Waals surface area contributed by atoms with E-state index in [1.54, 1.807) is 6.07 Å². The third kappa shape index (κ3) is 2.78. The topological polar surface area (TPSA) is 67.5 Å². The number of benzene rings is 2. The van der Waals surface area contributed by atoms with E-state index in [9.17, 15) is 4.79 Å². The number of para-hydroxylation sites is 1. The number of aliphatic imine (C=N–C) groups is 1. The van der Waals surface area contributed by atoms with Crippen molar-refractivity contribution in [3.05, 3.63) is 59.2 Å². The predicted octanol–water partition coefficient (Wildman–Crippen LogP) is 3.15. The number of nitrogens with zero attached hydrogens (tertiary/aromatic N) is 1. The number of hydrogen-bond donors (Lipinski definition) is 2. The molecule has 0 saturated heterocycles. The normalized spacial score (nSPS) is 14.0. The second kappa shape index (κ2) is 5.61. The molecule has 3 N–H and O–H groups in total. The summed E-state index contributed by atoms with van der Waals surface area (Å²) in [5.74, 6) is -0.102. The summed E-state index contributed by atoms with van der Waals surface area (Å²) in [7, 11) is 0. The molecule has 106 valence electrons. The molecule has 0 bridgehead atoms. The highest BCUT2D eigenvalue weighted by Gasteiger charge is 2.19. The van der Waals surface area contributed by atoms with E-state index < -0.39 is 0 Å². The minimum absolute atomic E-state index is 0.102. The van der Waals surface area contributed by atoms with Gasteiger partial charge in [0.15, 0.2) is 5.17 Å². The van der Waals surface area contributed by atoms with Gasteiger partial charge in [-0.2, -0.15) is 0 Å². The van der Waals surface area contributed by atoms with Crippen LogP contribution in [0.5, 0.6) is 0 Å². The number of thioether (sulfide) groups is 1. The molecule has 0 unspecified atom stereocenters. The van der Waals surface area contributed by atoms with Crippen molar-refractivity contribution in [3.63, 3.8) is 0 Å². The van der Waals surface area contributed by atoms with Gasteiger partial charge in [-0.3, -0.25) is 4.79 Å². The molecule has 4 nitrogen and oxygen atoms in total. The molecular formula is C16H15N3OS. The van der Waals surface area contributed by atoms with E-state index in [4.69, 9.17) is 5.73 Å². The van der Waals surface area contributed by atoms with Crippen LogP contribution in [0.15, 0.2) is 47.5 Å². The maximum atomic E-state index is 12.4. The van der Waals surface area contributed by atoms with Gasteiger partial charge in [-0.05, 0) is 35.6 Å². The first-order valence-electron chi connectivity index (χ1n) is 6.57. The smallest absolute Gasteiger partial charge is 0.256 e. The van der Waals surface area contributed by atoms with E-state index >= 15 is 0 Å². The first-order valence-corrected chi connectivity index (χ1v) is 7.80. The third-order valence-corrected chi connectivity index (χ3v) is 3.94. The quantitative estimate of drug-likeness (QED) is 0.627. The first-order chi connectivity index (χ1) is 10.2. The summed E-state index contributed by atoms with van der Waals surface area (Å²) >= 11 is 1.38. The number of carbonyl (C=O) groups excluding carboxylic acids is 1. The fraction of sp³-hybridized carbons (Fsp3) is 0.125. The Hall–Kier alpha value is -2.27. The van der Waals surface area contributed by atoms with Crippen molar-refractivity contribution in [2.45, 2.75) is 6.42 Å². The average molecular weight is 297 g/mol. The summed E-state index contributed by atoms with van der Waals surface area (Å²) in [4.78, 5) is 16.7. The molecule has 0 aromatic heterocycles. The first kappa shape index (κ1) is 13.7. The molecule has 0 radical (unpaired) electrons. The minimum Gasteiger partial charge on any atom is -0.378 e. The van der Waals surface area contributed by atoms with Crippen molar-refractivity contribution in [2.75, 3.05) is 11.6 Å². The van der Waals surface area contributed by atoms with E-state index in [1.165, 1.54) is 11.8 Å². The second-order valence-electron chi connectivity index (χ2n) is 4.78. The van der Waals surface area contributed by atoms with Crippen molar-refractivity contribution in [2.24, 2.45) is 10.7 Å². The lowest BCUT2D eigenvalue weighted by atomic mass is 10.00. The summed E-state index contributed by atoms with van der Waals surface area (Å²) in [5, 5.41) is 3.43. The van der Waals surface area contributed by atoms with Gasteiger partial charge in [0.1, 0.15) is 0 Å². The molecule has 0 aliphatic carbocycles. The van der Waals surface area contributed by atoms with Crippen LogP contribution in [-0.4, -0.2) is 17.3 Å². The van der Waals surface area contributed by atoms with E-state index in [1.807, 2.05) is 42.7 Å². The van der Waals surface area contributed by atoms with Gasteiger partial charge in [0, 0.05) is 17.7 Å². The summed E-state index contributed by atoms with van der Waals surface area (Å²) in [5.41, 5.74) is 10.1. The standard InChI is InChI=1S/C16H15N3OS/c1-21-16(17)18-12-7-6-10-8-11-4-2-3-5-14(11)19-15(20)13(10)9-12/h2-7,9H,8H2,1H3,(H2,17,18)(H,19,20). The Morgan fingerprint density at radius 3 is 2.86 bits per heavy atom. The largest absolute Gasteiger partial charge is 0.378 e. The lowest BCUT2D eigenvalue weighted by Gasteiger charge is -2.06. The number of amides is 1. The van der Waals surface area contributed by atoms with Crippen molar-refractivity contribution >= 4 is 34.2 Å². The van der Waals surface area contributed by atoms with Gasteiger partial charge in [-0.1, -0.05) is 36.0 Å². The number of rotatable bonds is 1. The van der Waals surface area contributed by atoms with Gasteiger partial charge in [0.2, 0.25) is 0 Å². The highest BCUT2D eigenvalue weighted by Crippen LogP contribution is 2.28. The maximum absolute atomic E-state index is 12.4. The predicted molar refractivity (Wildman–Crippen MR) is 88.4 cm³/mol. The van der Waals surface area contributed by atoms with Crippen molar-refractivity contribution < 1.29 is 4.79 Å². The number of nitrogens with one attached hydrogen (secondary N) is 1. The van der Waals surface area contributed by atoms with Gasteiger partial charge >= 0.3 is 0 Å². The fourth-order valence-corrected chi connectivity index (χ4v) is 2.56. The van der Waals surface area contributed by atoms with Gasteiger partial charge in [0.25, 0.3) is 5.91 Å². The van der Waals surface area contributed by atoms with E-state index in [0.29, 0.717) is 16.4 Å². The SMILES string of the molecule is CSC(N)=Nc1ccc2c(c1)C(=O)Nc1ccccc1C2. The van der Waals surface area contributed by atoms with Gasteiger partial charge in [0.05, 0.1) is 5.69 Å². The van der Waals surface area contributed by atoms with Crippen molar-refractivity contribution in [1.29, 1.82) is 0 Å². The summed E-state index contributed by atoms with van der Waals surface area (Å²) in [6, 6.07) is 13.5. The van der Waals surface area contributed by atoms with Crippen molar-refractivity contribution in [3.8, 4) is 0 Å². The molecule has 1 amide bonds. The Morgan fingerprint density at radius 1 is 1.24 bits per heavy atom. The molecule has 1 aliphatic heterocycles. The monoisotopic (exact) mass is 297 g/mol. The molecule has 0 fully saturated rings. The molecule has 0 spiro atoms. The van der Waals surface area contributed by atoms with Crippen LogP contribution in [0.1, 0.15) is 21.5 Å². The van der Waals surface area contributed by atoms with Gasteiger partial charge in [-0.25, -0.2) is 4.99 Å². The minimum atomic E-state index is -0.102. The number of fused-ring (bicyclic) bond motifs is 2. The van der Waals surface area contributed by atoms with Crippen LogP contribution in [0.2, 0.25) is 0 Å². The fourth-order valence-electron chi connectivity index (χ4n) is 2.36. The molecule has 1 aliphatic rings. The van der Waals surface area contributed by atoms with Crippen LogP contribution in [0.25, 0.3) is 0 Å². The highest BCUT2D eigenvalue weighted by atomic mass is 32.2. The zero-order valence-electron chi connectivity index (χ0n) is 11.6. The molecule has 5 heteroatoms. The molecule has 3 rings (SSSR count). The zero-order valence-corrected chi connectivity index (χ0v) is 12.4. The number of carbonyl (C=O) groups is 1. The number of amidine groups is 1. The summed E-state index contributed by atoms with van der Waals surface area (Å²) in [6.45, 7) is 0.